The van der Waals surface area contributed by atoms with Crippen molar-refractivity contribution in [2.75, 3.05) is 12.8 Å². The molecule has 5 rings (SSSR count). The van der Waals surface area contributed by atoms with E-state index in [0.29, 0.717) is 16.1 Å². The second-order valence-corrected chi connectivity index (χ2v) is 9.23. The first-order valence-electron chi connectivity index (χ1n) is 11.2. The number of aromatic nitrogens is 2. The maximum absolute atomic E-state index is 13.3. The third kappa shape index (κ3) is 4.18. The number of para-hydroxylation sites is 2. The molecule has 6 heteroatoms. The van der Waals surface area contributed by atoms with Crippen molar-refractivity contribution in [3.8, 4) is 5.69 Å². The Labute approximate surface area is 197 Å². The highest BCUT2D eigenvalue weighted by atomic mass is 32.2. The van der Waals surface area contributed by atoms with Crippen molar-refractivity contribution >= 4 is 28.6 Å². The predicted octanol–water partition coefficient (Wildman–Crippen LogP) is 5.01. The van der Waals surface area contributed by atoms with Crippen LogP contribution in [0.25, 0.3) is 16.6 Å². The highest BCUT2D eigenvalue weighted by Crippen LogP contribution is 2.34. The summed E-state index contributed by atoms with van der Waals surface area (Å²) in [5.41, 5.74) is 3.82. The van der Waals surface area contributed by atoms with Crippen molar-refractivity contribution in [3.63, 3.8) is 0 Å². The lowest BCUT2D eigenvalue weighted by Gasteiger charge is -2.33. The lowest BCUT2D eigenvalue weighted by molar-refractivity contribution is -0.129. The van der Waals surface area contributed by atoms with Crippen LogP contribution in [0.5, 0.6) is 0 Å². The Hall–Kier alpha value is -3.38. The molecule has 1 heterocycles. The highest BCUT2D eigenvalue weighted by molar-refractivity contribution is 7.99. The number of hydrogen-bond acceptors (Lipinski definition) is 4. The second kappa shape index (κ2) is 9.24. The van der Waals surface area contributed by atoms with E-state index in [1.165, 1.54) is 22.9 Å². The normalized spacial score (nSPS) is 15.2. The Morgan fingerprint density at radius 1 is 1.03 bits per heavy atom. The molecule has 0 saturated heterocycles. The summed E-state index contributed by atoms with van der Waals surface area (Å²) in [4.78, 5) is 33.1. The van der Waals surface area contributed by atoms with Gasteiger partial charge in [0.05, 0.1) is 28.4 Å². The largest absolute Gasteiger partial charge is 0.338 e. The third-order valence-electron chi connectivity index (χ3n) is 6.28. The Morgan fingerprint density at radius 2 is 1.76 bits per heavy atom. The topological polar surface area (TPSA) is 55.2 Å². The molecule has 166 valence electrons. The van der Waals surface area contributed by atoms with Gasteiger partial charge in [-0.3, -0.25) is 14.2 Å². The third-order valence-corrected chi connectivity index (χ3v) is 7.21. The van der Waals surface area contributed by atoms with Gasteiger partial charge in [-0.2, -0.15) is 0 Å². The Morgan fingerprint density at radius 3 is 2.61 bits per heavy atom. The minimum atomic E-state index is -0.128. The van der Waals surface area contributed by atoms with Crippen LogP contribution in [0.1, 0.15) is 30.0 Å². The molecule has 0 bridgehead atoms. The Balaban J connectivity index is 1.44. The van der Waals surface area contributed by atoms with Crippen LogP contribution < -0.4 is 5.56 Å². The van der Waals surface area contributed by atoms with Gasteiger partial charge in [0, 0.05) is 7.05 Å². The van der Waals surface area contributed by atoms with Crippen LogP contribution in [0.2, 0.25) is 0 Å². The Kier molecular flexibility index (Phi) is 6.01. The molecule has 1 aliphatic carbocycles. The smallest absolute Gasteiger partial charge is 0.266 e. The van der Waals surface area contributed by atoms with Crippen LogP contribution in [0, 0.1) is 0 Å². The summed E-state index contributed by atoms with van der Waals surface area (Å²) < 4.78 is 1.61. The maximum Gasteiger partial charge on any atom is 0.266 e. The molecule has 0 fully saturated rings. The molecule has 1 unspecified atom stereocenters. The van der Waals surface area contributed by atoms with E-state index in [1.807, 2.05) is 66.5 Å². The predicted molar refractivity (Wildman–Crippen MR) is 133 cm³/mol. The average Bonchev–Trinajstić information content (AvgIpc) is 2.87. The van der Waals surface area contributed by atoms with Gasteiger partial charge >= 0.3 is 0 Å². The summed E-state index contributed by atoms with van der Waals surface area (Å²) in [5.74, 6) is 0.246. The van der Waals surface area contributed by atoms with Gasteiger partial charge in [-0.25, -0.2) is 4.98 Å². The SMILES string of the molecule is CN(C(=O)CSc1nc2ccccc2c(=O)n1-c1ccccc1)C1CCCc2ccccc21. The van der Waals surface area contributed by atoms with E-state index in [4.69, 9.17) is 4.98 Å². The zero-order chi connectivity index (χ0) is 22.8. The van der Waals surface area contributed by atoms with E-state index >= 15 is 0 Å². The number of rotatable bonds is 5. The van der Waals surface area contributed by atoms with Crippen LogP contribution in [0.4, 0.5) is 0 Å². The van der Waals surface area contributed by atoms with E-state index in [-0.39, 0.29) is 23.3 Å². The fourth-order valence-corrected chi connectivity index (χ4v) is 5.48. The molecule has 1 aliphatic rings. The fraction of sp³-hybridized carbons (Fsp3) is 0.222. The summed E-state index contributed by atoms with van der Waals surface area (Å²) in [6.45, 7) is 0. The number of carbonyl (C=O) groups excluding carboxylic acids is 1. The lowest BCUT2D eigenvalue weighted by Crippen LogP contribution is -2.34. The summed E-state index contributed by atoms with van der Waals surface area (Å²) in [7, 11) is 1.88. The molecule has 3 aromatic carbocycles. The van der Waals surface area contributed by atoms with Crippen LogP contribution in [0.15, 0.2) is 88.8 Å². The van der Waals surface area contributed by atoms with E-state index in [0.717, 1.165) is 24.9 Å². The van der Waals surface area contributed by atoms with E-state index in [1.54, 1.807) is 10.6 Å². The van der Waals surface area contributed by atoms with Gasteiger partial charge in [-0.1, -0.05) is 66.4 Å². The molecule has 1 atom stereocenters. The van der Waals surface area contributed by atoms with Gasteiger partial charge in [0.25, 0.3) is 5.56 Å². The molecule has 33 heavy (non-hydrogen) atoms. The number of thioether (sulfide) groups is 1. The summed E-state index contributed by atoms with van der Waals surface area (Å²) in [6.07, 6.45) is 3.10. The molecule has 0 N–H and O–H groups in total. The molecule has 1 aromatic heterocycles. The minimum Gasteiger partial charge on any atom is -0.338 e. The molecule has 4 aromatic rings. The van der Waals surface area contributed by atoms with Crippen molar-refractivity contribution in [3.05, 3.63) is 100 Å². The van der Waals surface area contributed by atoms with Gasteiger partial charge in [0.15, 0.2) is 5.16 Å². The van der Waals surface area contributed by atoms with Crippen LogP contribution in [-0.4, -0.2) is 33.2 Å². The number of nitrogens with zero attached hydrogens (tertiary/aromatic N) is 3. The van der Waals surface area contributed by atoms with Crippen molar-refractivity contribution < 1.29 is 4.79 Å². The quantitative estimate of drug-likeness (QED) is 0.313. The molecule has 0 saturated carbocycles. The first-order valence-corrected chi connectivity index (χ1v) is 12.2. The second-order valence-electron chi connectivity index (χ2n) is 8.29. The van der Waals surface area contributed by atoms with Crippen LogP contribution in [-0.2, 0) is 11.2 Å². The van der Waals surface area contributed by atoms with Crippen LogP contribution >= 0.6 is 11.8 Å². The molecular weight excluding hydrogens is 430 g/mol. The van der Waals surface area contributed by atoms with Crippen molar-refractivity contribution in [1.82, 2.24) is 14.5 Å². The monoisotopic (exact) mass is 455 g/mol. The number of hydrogen-bond donors (Lipinski definition) is 0. The minimum absolute atomic E-state index is 0.0312. The van der Waals surface area contributed by atoms with Crippen molar-refractivity contribution in [1.29, 1.82) is 0 Å². The van der Waals surface area contributed by atoms with Gasteiger partial charge in [0.1, 0.15) is 0 Å². The average molecular weight is 456 g/mol. The van der Waals surface area contributed by atoms with E-state index in [2.05, 4.69) is 18.2 Å². The van der Waals surface area contributed by atoms with Gasteiger partial charge in [-0.05, 0) is 54.7 Å². The number of carbonyl (C=O) groups is 1. The molecular formula is C27H25N3O2S. The van der Waals surface area contributed by atoms with E-state index < -0.39 is 0 Å². The zero-order valence-electron chi connectivity index (χ0n) is 18.5. The number of aryl methyl sites for hydroxylation is 1. The summed E-state index contributed by atoms with van der Waals surface area (Å²) >= 11 is 1.31. The standard InChI is InChI=1S/C27H25N3O2S/c1-29(24-17-9-11-19-10-5-6-14-21(19)24)25(31)18-33-27-28-23-16-8-7-15-22(23)26(32)30(27)20-12-3-2-4-13-20/h2-8,10,12-16,24H,9,11,17-18H2,1H3. The van der Waals surface area contributed by atoms with Gasteiger partial charge in [0.2, 0.25) is 5.91 Å². The first kappa shape index (κ1) is 21.5. The van der Waals surface area contributed by atoms with Crippen molar-refractivity contribution in [2.45, 2.75) is 30.5 Å². The van der Waals surface area contributed by atoms with E-state index in [9.17, 15) is 9.59 Å². The molecule has 0 radical (unpaired) electrons. The number of amides is 1. The summed E-state index contributed by atoms with van der Waals surface area (Å²) in [6, 6.07) is 25.3. The van der Waals surface area contributed by atoms with Gasteiger partial charge < -0.3 is 4.90 Å². The lowest BCUT2D eigenvalue weighted by atomic mass is 9.87. The molecule has 1 amide bonds. The van der Waals surface area contributed by atoms with Crippen LogP contribution in [0.3, 0.4) is 0 Å². The number of benzene rings is 3. The molecule has 5 nitrogen and oxygen atoms in total. The maximum atomic E-state index is 13.3. The number of fused-ring (bicyclic) bond motifs is 2. The summed E-state index contributed by atoms with van der Waals surface area (Å²) in [5, 5.41) is 1.09. The fourth-order valence-electron chi connectivity index (χ4n) is 4.55. The van der Waals surface area contributed by atoms with Crippen molar-refractivity contribution in [2.24, 2.45) is 0 Å². The highest BCUT2D eigenvalue weighted by Gasteiger charge is 2.27. The first-order chi connectivity index (χ1) is 16.1. The zero-order valence-corrected chi connectivity index (χ0v) is 19.3. The van der Waals surface area contributed by atoms with Gasteiger partial charge in [-0.15, -0.1) is 0 Å². The molecule has 0 aliphatic heterocycles. The Bertz CT molecular complexity index is 1370. The molecule has 0 spiro atoms.